The largest absolute Gasteiger partial charge is 0.467 e. The Morgan fingerprint density at radius 3 is 2.61 bits per heavy atom. The smallest absolute Gasteiger partial charge is 0.328 e. The van der Waals surface area contributed by atoms with Crippen LogP contribution in [-0.4, -0.2) is 30.9 Å². The second-order valence-electron chi connectivity index (χ2n) is 5.08. The van der Waals surface area contributed by atoms with E-state index in [1.807, 2.05) is 6.07 Å². The minimum atomic E-state index is -0.920. The number of esters is 1. The molecule has 1 aromatic rings. The van der Waals surface area contributed by atoms with Crippen molar-refractivity contribution in [1.29, 1.82) is 5.26 Å². The van der Waals surface area contributed by atoms with Crippen molar-refractivity contribution < 1.29 is 19.1 Å². The highest BCUT2D eigenvalue weighted by molar-refractivity contribution is 5.98. The predicted molar refractivity (Wildman–Crippen MR) is 83.4 cm³/mol. The Morgan fingerprint density at radius 2 is 2.04 bits per heavy atom. The highest BCUT2D eigenvalue weighted by atomic mass is 16.5. The van der Waals surface area contributed by atoms with Crippen LogP contribution in [-0.2, 0) is 14.3 Å². The fourth-order valence-corrected chi connectivity index (χ4v) is 1.99. The molecule has 0 heterocycles. The molecule has 122 valence electrons. The van der Waals surface area contributed by atoms with Gasteiger partial charge in [-0.2, -0.15) is 5.26 Å². The number of carbonyl (C=O) groups excluding carboxylic acids is 3. The summed E-state index contributed by atoms with van der Waals surface area (Å²) in [7, 11) is 1.22. The van der Waals surface area contributed by atoms with E-state index in [0.717, 1.165) is 0 Å². The number of hydrogen-bond acceptors (Lipinski definition) is 5. The van der Waals surface area contributed by atoms with Crippen LogP contribution in [0.3, 0.4) is 0 Å². The van der Waals surface area contributed by atoms with Gasteiger partial charge in [-0.15, -0.1) is 0 Å². The quantitative estimate of drug-likeness (QED) is 0.772. The minimum absolute atomic E-state index is 0.103. The molecule has 7 nitrogen and oxygen atoms in total. The first-order valence-electron chi connectivity index (χ1n) is 7.02. The number of nitrogens with zero attached hydrogens (tertiary/aromatic N) is 1. The number of ether oxygens (including phenoxy) is 1. The van der Waals surface area contributed by atoms with Crippen molar-refractivity contribution in [1.82, 2.24) is 5.32 Å². The SMILES string of the molecule is COC(=O)[C@H](NC(=O)c1cccc(NC(C)=O)c1)[C@H](C)CC#N. The molecule has 2 N–H and O–H groups in total. The first-order valence-corrected chi connectivity index (χ1v) is 7.02. The number of methoxy groups -OCH3 is 1. The Balaban J connectivity index is 2.92. The molecule has 0 unspecified atom stereocenters. The zero-order valence-corrected chi connectivity index (χ0v) is 13.3. The van der Waals surface area contributed by atoms with Crippen molar-refractivity contribution in [3.05, 3.63) is 29.8 Å². The Labute approximate surface area is 134 Å². The molecule has 0 bridgehead atoms. The number of nitrogens with one attached hydrogen (secondary N) is 2. The molecule has 0 saturated heterocycles. The Hall–Kier alpha value is -2.88. The van der Waals surface area contributed by atoms with Crippen molar-refractivity contribution in [3.8, 4) is 6.07 Å². The van der Waals surface area contributed by atoms with Crippen LogP contribution in [0.15, 0.2) is 24.3 Å². The van der Waals surface area contributed by atoms with Gasteiger partial charge in [0.1, 0.15) is 6.04 Å². The number of benzene rings is 1. The Bertz CT molecular complexity index is 636. The van der Waals surface area contributed by atoms with Gasteiger partial charge in [-0.3, -0.25) is 9.59 Å². The lowest BCUT2D eigenvalue weighted by Gasteiger charge is -2.21. The van der Waals surface area contributed by atoms with Gasteiger partial charge in [0.05, 0.1) is 13.2 Å². The highest BCUT2D eigenvalue weighted by Gasteiger charge is 2.28. The maximum atomic E-state index is 12.3. The molecule has 0 saturated carbocycles. The zero-order chi connectivity index (χ0) is 17.4. The van der Waals surface area contributed by atoms with Gasteiger partial charge >= 0.3 is 5.97 Å². The molecule has 0 spiro atoms. The minimum Gasteiger partial charge on any atom is -0.467 e. The molecular weight excluding hydrogens is 298 g/mol. The van der Waals surface area contributed by atoms with E-state index in [9.17, 15) is 14.4 Å². The summed E-state index contributed by atoms with van der Waals surface area (Å²) in [6, 6.07) is 7.37. The van der Waals surface area contributed by atoms with Crippen LogP contribution in [0.25, 0.3) is 0 Å². The molecule has 1 aromatic carbocycles. The fourth-order valence-electron chi connectivity index (χ4n) is 1.99. The van der Waals surface area contributed by atoms with Crippen molar-refractivity contribution in [3.63, 3.8) is 0 Å². The van der Waals surface area contributed by atoms with E-state index in [0.29, 0.717) is 5.69 Å². The standard InChI is InChI=1S/C16H19N3O4/c1-10(7-8-17)14(16(22)23-3)19-15(21)12-5-4-6-13(9-12)18-11(2)20/h4-6,9-10,14H,7H2,1-3H3,(H,18,20)(H,19,21)/t10-,14-/m1/s1. The lowest BCUT2D eigenvalue weighted by molar-refractivity contribution is -0.144. The molecule has 0 aliphatic carbocycles. The molecule has 0 radical (unpaired) electrons. The van der Waals surface area contributed by atoms with E-state index in [1.54, 1.807) is 25.1 Å². The van der Waals surface area contributed by atoms with Crippen LogP contribution in [0, 0.1) is 17.2 Å². The van der Waals surface area contributed by atoms with Crippen molar-refractivity contribution in [2.24, 2.45) is 5.92 Å². The third kappa shape index (κ3) is 5.43. The molecule has 2 atom stereocenters. The number of amides is 2. The number of hydrogen-bond donors (Lipinski definition) is 2. The van der Waals surface area contributed by atoms with Crippen molar-refractivity contribution >= 4 is 23.5 Å². The molecule has 1 rings (SSSR count). The van der Waals surface area contributed by atoms with E-state index < -0.39 is 23.8 Å². The topological polar surface area (TPSA) is 108 Å². The molecule has 7 heteroatoms. The number of anilines is 1. The molecule has 0 aliphatic heterocycles. The van der Waals surface area contributed by atoms with Crippen molar-refractivity contribution in [2.45, 2.75) is 26.3 Å². The number of carbonyl (C=O) groups is 3. The Morgan fingerprint density at radius 1 is 1.35 bits per heavy atom. The summed E-state index contributed by atoms with van der Waals surface area (Å²) in [6.07, 6.45) is 0.103. The summed E-state index contributed by atoms with van der Waals surface area (Å²) in [6.45, 7) is 3.04. The maximum Gasteiger partial charge on any atom is 0.328 e. The summed E-state index contributed by atoms with van der Waals surface area (Å²) in [5.74, 6) is -1.75. The first-order chi connectivity index (χ1) is 10.9. The molecule has 0 aromatic heterocycles. The van der Waals surface area contributed by atoms with Gasteiger partial charge < -0.3 is 15.4 Å². The number of nitriles is 1. The summed E-state index contributed by atoms with van der Waals surface area (Å²) in [5.41, 5.74) is 0.763. The average Bonchev–Trinajstić information content (AvgIpc) is 2.51. The average molecular weight is 317 g/mol. The van der Waals surface area contributed by atoms with Crippen LogP contribution >= 0.6 is 0 Å². The van der Waals surface area contributed by atoms with Crippen LogP contribution in [0.4, 0.5) is 5.69 Å². The molecule has 0 fully saturated rings. The summed E-state index contributed by atoms with van der Waals surface area (Å²) < 4.78 is 4.67. The second kappa shape index (κ2) is 8.54. The predicted octanol–water partition coefficient (Wildman–Crippen LogP) is 1.47. The zero-order valence-electron chi connectivity index (χ0n) is 13.3. The first kappa shape index (κ1) is 18.2. The molecular formula is C16H19N3O4. The molecule has 23 heavy (non-hydrogen) atoms. The van der Waals surface area contributed by atoms with Gasteiger partial charge in [0.15, 0.2) is 0 Å². The lowest BCUT2D eigenvalue weighted by atomic mass is 9.98. The van der Waals surface area contributed by atoms with Crippen LogP contribution in [0.1, 0.15) is 30.6 Å². The van der Waals surface area contributed by atoms with Gasteiger partial charge in [-0.05, 0) is 18.2 Å². The van der Waals surface area contributed by atoms with Gasteiger partial charge in [-0.25, -0.2) is 4.79 Å². The third-order valence-electron chi connectivity index (χ3n) is 3.17. The van der Waals surface area contributed by atoms with E-state index in [4.69, 9.17) is 5.26 Å². The normalized spacial score (nSPS) is 12.4. The fraction of sp³-hybridized carbons (Fsp3) is 0.375. The van der Waals surface area contributed by atoms with Gasteiger partial charge in [0, 0.05) is 30.5 Å². The van der Waals surface area contributed by atoms with Crippen molar-refractivity contribution in [2.75, 3.05) is 12.4 Å². The molecule has 0 aliphatic rings. The summed E-state index contributed by atoms with van der Waals surface area (Å²) >= 11 is 0. The summed E-state index contributed by atoms with van der Waals surface area (Å²) in [5, 5.41) is 13.9. The van der Waals surface area contributed by atoms with Gasteiger partial charge in [-0.1, -0.05) is 13.0 Å². The van der Waals surface area contributed by atoms with Crippen LogP contribution < -0.4 is 10.6 Å². The third-order valence-corrected chi connectivity index (χ3v) is 3.17. The van der Waals surface area contributed by atoms with Gasteiger partial charge in [0.2, 0.25) is 5.91 Å². The van der Waals surface area contributed by atoms with Gasteiger partial charge in [0.25, 0.3) is 5.91 Å². The number of rotatable bonds is 6. The van der Waals surface area contributed by atoms with Crippen LogP contribution in [0.2, 0.25) is 0 Å². The summed E-state index contributed by atoms with van der Waals surface area (Å²) in [4.78, 5) is 35.2. The lowest BCUT2D eigenvalue weighted by Crippen LogP contribution is -2.45. The van der Waals surface area contributed by atoms with E-state index >= 15 is 0 Å². The van der Waals surface area contributed by atoms with Crippen LogP contribution in [0.5, 0.6) is 0 Å². The maximum absolute atomic E-state index is 12.3. The monoisotopic (exact) mass is 317 g/mol. The van der Waals surface area contributed by atoms with E-state index in [-0.39, 0.29) is 17.9 Å². The van der Waals surface area contributed by atoms with E-state index in [2.05, 4.69) is 15.4 Å². The molecule has 2 amide bonds. The Kier molecular flexibility index (Phi) is 6.74. The second-order valence-corrected chi connectivity index (χ2v) is 5.08. The van der Waals surface area contributed by atoms with E-state index in [1.165, 1.54) is 20.1 Å². The highest BCUT2D eigenvalue weighted by Crippen LogP contribution is 2.13.